The Morgan fingerprint density at radius 3 is 2.62 bits per heavy atom. The third-order valence-electron chi connectivity index (χ3n) is 7.34. The van der Waals surface area contributed by atoms with Crippen molar-refractivity contribution in [3.05, 3.63) is 70.4 Å². The van der Waals surface area contributed by atoms with Crippen LogP contribution in [-0.2, 0) is 21.2 Å². The molecule has 3 aromatic heterocycles. The number of fused-ring (bicyclic) bond motifs is 1. The summed E-state index contributed by atoms with van der Waals surface area (Å²) in [5.41, 5.74) is 1.44. The molecule has 15 heteroatoms. The van der Waals surface area contributed by atoms with Gasteiger partial charge in [0.15, 0.2) is 15.7 Å². The first-order valence-corrected chi connectivity index (χ1v) is 15.2. The van der Waals surface area contributed by atoms with E-state index in [4.69, 9.17) is 11.6 Å². The molecule has 0 unspecified atom stereocenters. The van der Waals surface area contributed by atoms with Crippen LogP contribution < -0.4 is 10.2 Å². The summed E-state index contributed by atoms with van der Waals surface area (Å²) in [4.78, 5) is 44.1. The van der Waals surface area contributed by atoms with Crippen LogP contribution in [0.5, 0.6) is 0 Å². The van der Waals surface area contributed by atoms with E-state index in [1.165, 1.54) is 18.5 Å². The summed E-state index contributed by atoms with van der Waals surface area (Å²) < 4.78 is 41.2. The van der Waals surface area contributed by atoms with Crippen LogP contribution in [0.4, 0.5) is 16.0 Å². The number of hydrogen-bond acceptors (Lipinski definition) is 9. The van der Waals surface area contributed by atoms with Crippen molar-refractivity contribution in [2.24, 2.45) is 11.8 Å². The Kier molecular flexibility index (Phi) is 6.77. The molecule has 42 heavy (non-hydrogen) atoms. The minimum absolute atomic E-state index is 0.0820. The van der Waals surface area contributed by atoms with Crippen LogP contribution in [0.25, 0.3) is 11.3 Å². The van der Waals surface area contributed by atoms with Crippen LogP contribution in [0.2, 0.25) is 5.02 Å². The molecule has 0 radical (unpaired) electrons. The van der Waals surface area contributed by atoms with E-state index in [-0.39, 0.29) is 44.4 Å². The number of halogens is 2. The third-order valence-corrected chi connectivity index (χ3v) is 8.77. The van der Waals surface area contributed by atoms with E-state index < -0.39 is 21.6 Å². The van der Waals surface area contributed by atoms with Gasteiger partial charge in [-0.25, -0.2) is 27.8 Å². The first-order valence-electron chi connectivity index (χ1n) is 12.9. The second kappa shape index (κ2) is 10.2. The molecule has 1 aliphatic carbocycles. The van der Waals surface area contributed by atoms with Crippen molar-refractivity contribution in [1.29, 1.82) is 0 Å². The average Bonchev–Trinajstić information content (AvgIpc) is 3.46. The van der Waals surface area contributed by atoms with Crippen LogP contribution in [0.15, 0.2) is 41.8 Å². The fourth-order valence-electron chi connectivity index (χ4n) is 4.97. The number of rotatable bonds is 7. The maximum absolute atomic E-state index is 15.0. The van der Waals surface area contributed by atoms with Gasteiger partial charge in [0, 0.05) is 42.4 Å². The molecular formula is C27H24ClFN8O4S. The maximum atomic E-state index is 15.0. The smallest absolute Gasteiger partial charge is 0.276 e. The van der Waals surface area contributed by atoms with Gasteiger partial charge in [-0.05, 0) is 38.3 Å². The van der Waals surface area contributed by atoms with Gasteiger partial charge in [0.25, 0.3) is 5.91 Å². The van der Waals surface area contributed by atoms with Gasteiger partial charge in [-0.2, -0.15) is 5.10 Å². The lowest BCUT2D eigenvalue weighted by molar-refractivity contribution is -0.118. The van der Waals surface area contributed by atoms with Crippen LogP contribution in [0.1, 0.15) is 33.9 Å². The predicted octanol–water partition coefficient (Wildman–Crippen LogP) is 3.23. The van der Waals surface area contributed by atoms with Crippen LogP contribution in [0.3, 0.4) is 0 Å². The molecule has 4 heterocycles. The number of benzene rings is 1. The van der Waals surface area contributed by atoms with Gasteiger partial charge in [0.05, 0.1) is 51.5 Å². The summed E-state index contributed by atoms with van der Waals surface area (Å²) in [5, 5.41) is 6.68. The molecule has 4 aromatic rings. The minimum atomic E-state index is -3.85. The number of hydrogen-bond donors (Lipinski definition) is 1. The van der Waals surface area contributed by atoms with Gasteiger partial charge in [-0.1, -0.05) is 11.6 Å². The summed E-state index contributed by atoms with van der Waals surface area (Å²) in [7, 11) is -3.85. The van der Waals surface area contributed by atoms with Crippen molar-refractivity contribution >= 4 is 44.9 Å². The number of amides is 2. The summed E-state index contributed by atoms with van der Waals surface area (Å²) in [6.45, 7) is 4.36. The van der Waals surface area contributed by atoms with E-state index in [9.17, 15) is 18.0 Å². The molecule has 2 fully saturated rings. The number of sulfone groups is 1. The van der Waals surface area contributed by atoms with E-state index in [1.54, 1.807) is 28.9 Å². The fraction of sp³-hybridized carbons (Fsp3) is 0.296. The van der Waals surface area contributed by atoms with Gasteiger partial charge >= 0.3 is 0 Å². The number of carbonyl (C=O) groups excluding carboxylic acids is 2. The molecule has 216 valence electrons. The molecular weight excluding hydrogens is 587 g/mol. The van der Waals surface area contributed by atoms with Gasteiger partial charge in [0.2, 0.25) is 11.9 Å². The molecule has 1 saturated heterocycles. The predicted molar refractivity (Wildman–Crippen MR) is 150 cm³/mol. The second-order valence-corrected chi connectivity index (χ2v) is 12.8. The summed E-state index contributed by atoms with van der Waals surface area (Å²) >= 11 is 5.92. The Bertz CT molecular complexity index is 1900. The van der Waals surface area contributed by atoms with Gasteiger partial charge in [-0.3, -0.25) is 24.2 Å². The molecule has 0 bridgehead atoms. The highest BCUT2D eigenvalue weighted by Crippen LogP contribution is 2.46. The normalized spacial score (nSPS) is 17.8. The standard InChI is InChI=1S/C27H24ClFN8O4S/c1-13-16(7-31-27(33-13)37-11-15-6-18(15)26(37)39)10-36-12-17(8-32-36)34-25(38)24-14(2)30-9-20(35-24)22-21(42(3,40)41)5-4-19(28)23(22)29/h4-5,7-9,12,15,18H,6,10-11H2,1-3H3,(H,34,38)/t15-,18-/m1/s1. The second-order valence-electron chi connectivity index (χ2n) is 10.4. The van der Waals surface area contributed by atoms with Crippen LogP contribution in [0, 0.1) is 31.5 Å². The highest BCUT2D eigenvalue weighted by atomic mass is 35.5. The van der Waals surface area contributed by atoms with Crippen molar-refractivity contribution in [3.8, 4) is 11.3 Å². The SMILES string of the molecule is Cc1nc(N2C[C@H]3C[C@H]3C2=O)ncc1Cn1cc(NC(=O)c2nc(-c3c(S(C)(=O)=O)ccc(Cl)c3F)cnc2C)cn1. The zero-order chi connectivity index (χ0) is 29.9. The maximum Gasteiger partial charge on any atom is 0.276 e. The Morgan fingerprint density at radius 2 is 1.93 bits per heavy atom. The monoisotopic (exact) mass is 610 g/mol. The van der Waals surface area contributed by atoms with E-state index in [2.05, 4.69) is 30.4 Å². The first-order chi connectivity index (χ1) is 19.9. The molecule has 12 nitrogen and oxygen atoms in total. The van der Waals surface area contributed by atoms with E-state index in [0.717, 1.165) is 24.3 Å². The largest absolute Gasteiger partial charge is 0.318 e. The number of piperidine rings is 1. The Hall–Kier alpha value is -4.30. The molecule has 2 atom stereocenters. The van der Waals surface area contributed by atoms with E-state index in [1.807, 2.05) is 6.92 Å². The molecule has 2 amide bonds. The van der Waals surface area contributed by atoms with Crippen molar-refractivity contribution in [1.82, 2.24) is 29.7 Å². The molecule has 2 aliphatic rings. The molecule has 1 aliphatic heterocycles. The highest BCUT2D eigenvalue weighted by Gasteiger charge is 2.53. The topological polar surface area (TPSA) is 153 Å². The molecule has 1 aromatic carbocycles. The van der Waals surface area contributed by atoms with Crippen molar-refractivity contribution in [2.75, 3.05) is 23.0 Å². The zero-order valence-electron chi connectivity index (χ0n) is 22.7. The molecule has 1 N–H and O–H groups in total. The minimum Gasteiger partial charge on any atom is -0.318 e. The molecule has 0 spiro atoms. The lowest BCUT2D eigenvalue weighted by Gasteiger charge is -2.17. The number of carbonyl (C=O) groups is 2. The summed E-state index contributed by atoms with van der Waals surface area (Å²) in [6.07, 6.45) is 7.79. The van der Waals surface area contributed by atoms with E-state index >= 15 is 4.39 Å². The first kappa shape index (κ1) is 27.8. The average molecular weight is 611 g/mol. The van der Waals surface area contributed by atoms with Crippen molar-refractivity contribution in [2.45, 2.75) is 31.7 Å². The van der Waals surface area contributed by atoms with Crippen molar-refractivity contribution in [3.63, 3.8) is 0 Å². The van der Waals surface area contributed by atoms with Crippen LogP contribution in [-0.4, -0.2) is 62.7 Å². The zero-order valence-corrected chi connectivity index (χ0v) is 24.2. The Labute approximate surface area is 244 Å². The molecule has 1 saturated carbocycles. The Morgan fingerprint density at radius 1 is 1.14 bits per heavy atom. The molecule has 6 rings (SSSR count). The van der Waals surface area contributed by atoms with E-state index in [0.29, 0.717) is 36.3 Å². The highest BCUT2D eigenvalue weighted by molar-refractivity contribution is 7.90. The van der Waals surface area contributed by atoms with Gasteiger partial charge in [0.1, 0.15) is 5.69 Å². The number of aryl methyl sites for hydroxylation is 2. The lowest BCUT2D eigenvalue weighted by atomic mass is 10.1. The van der Waals surface area contributed by atoms with Gasteiger partial charge in [-0.15, -0.1) is 0 Å². The number of anilines is 2. The number of nitrogens with one attached hydrogen (secondary N) is 1. The summed E-state index contributed by atoms with van der Waals surface area (Å²) in [6, 6.07) is 2.32. The number of nitrogens with zero attached hydrogens (tertiary/aromatic N) is 7. The Balaban J connectivity index is 1.20. The number of aromatic nitrogens is 6. The van der Waals surface area contributed by atoms with Crippen molar-refractivity contribution < 1.29 is 22.4 Å². The third kappa shape index (κ3) is 5.11. The van der Waals surface area contributed by atoms with Gasteiger partial charge < -0.3 is 5.32 Å². The summed E-state index contributed by atoms with van der Waals surface area (Å²) in [5.74, 6) is -0.616. The fourth-order valence-corrected chi connectivity index (χ4v) is 6.00. The lowest BCUT2D eigenvalue weighted by Crippen LogP contribution is -2.30. The quantitative estimate of drug-likeness (QED) is 0.332. The van der Waals surface area contributed by atoms with Crippen LogP contribution >= 0.6 is 11.6 Å².